The summed E-state index contributed by atoms with van der Waals surface area (Å²) in [4.78, 5) is 21.2. The van der Waals surface area contributed by atoms with Gasteiger partial charge in [0.2, 0.25) is 0 Å². The Labute approximate surface area is 106 Å². The summed E-state index contributed by atoms with van der Waals surface area (Å²) < 4.78 is 10.3. The molecule has 0 atom stereocenters. The number of hydrogen-bond donors (Lipinski definition) is 2. The fourth-order valence-corrected chi connectivity index (χ4v) is 0.897. The molecule has 0 aliphatic rings. The number of carbonyl (C=O) groups excluding carboxylic acids is 2. The molecule has 18 heavy (non-hydrogen) atoms. The molecule has 0 unspecified atom stereocenters. The van der Waals surface area contributed by atoms with Gasteiger partial charge in [-0.05, 0) is 11.8 Å². The van der Waals surface area contributed by atoms with E-state index in [4.69, 9.17) is 22.3 Å². The van der Waals surface area contributed by atoms with Crippen molar-refractivity contribution in [1.82, 2.24) is 10.6 Å². The van der Waals surface area contributed by atoms with E-state index in [-0.39, 0.29) is 0 Å². The third-order valence-electron chi connectivity index (χ3n) is 1.70. The molecule has 2 amide bonds. The largest absolute Gasteiger partial charge is 0.377 e. The Morgan fingerprint density at radius 3 is 1.56 bits per heavy atom. The molecule has 0 rings (SSSR count). The molecule has 0 heterocycles. The topological polar surface area (TPSA) is 76.7 Å². The number of terminal acetylenes is 2. The number of amides is 2. The first-order chi connectivity index (χ1) is 8.70. The molecular formula is C12H16N2O4. The molecule has 0 aromatic carbocycles. The maximum Gasteiger partial charge on any atom is 0.295 e. The quantitative estimate of drug-likeness (QED) is 0.387. The molecule has 0 saturated heterocycles. The van der Waals surface area contributed by atoms with Crippen LogP contribution in [0.4, 0.5) is 0 Å². The Bertz CT molecular complexity index is 307. The molecule has 6 heteroatoms. The molecule has 0 aliphatic carbocycles. The zero-order chi connectivity index (χ0) is 13.6. The van der Waals surface area contributed by atoms with Crippen molar-refractivity contribution in [3.63, 3.8) is 0 Å². The van der Waals surface area contributed by atoms with Gasteiger partial charge in [0.25, 0.3) is 11.8 Å². The second-order valence-electron chi connectivity index (χ2n) is 3.03. The van der Waals surface area contributed by atoms with Crippen molar-refractivity contribution in [2.75, 3.05) is 39.5 Å². The first kappa shape index (κ1) is 16.0. The number of carbonyl (C=O) groups is 2. The minimum atomic E-state index is -0.459. The van der Waals surface area contributed by atoms with Crippen molar-refractivity contribution >= 4 is 11.8 Å². The molecule has 2 N–H and O–H groups in total. The van der Waals surface area contributed by atoms with Crippen molar-refractivity contribution in [2.24, 2.45) is 0 Å². The molecule has 0 saturated carbocycles. The lowest BCUT2D eigenvalue weighted by molar-refractivity contribution is -0.116. The zero-order valence-electron chi connectivity index (χ0n) is 10.0. The highest BCUT2D eigenvalue weighted by molar-refractivity contribution is 5.93. The van der Waals surface area contributed by atoms with Crippen LogP contribution in [0.3, 0.4) is 0 Å². The molecule has 6 nitrogen and oxygen atoms in total. The summed E-state index contributed by atoms with van der Waals surface area (Å²) in [5.41, 5.74) is 0. The van der Waals surface area contributed by atoms with Crippen LogP contribution >= 0.6 is 0 Å². The van der Waals surface area contributed by atoms with Crippen LogP contribution in [0.15, 0.2) is 0 Å². The molecule has 0 aromatic heterocycles. The summed E-state index contributed by atoms with van der Waals surface area (Å²) in [7, 11) is 0. The van der Waals surface area contributed by atoms with Crippen LogP contribution < -0.4 is 10.6 Å². The lowest BCUT2D eigenvalue weighted by Gasteiger charge is -2.06. The Morgan fingerprint density at radius 2 is 1.22 bits per heavy atom. The second kappa shape index (κ2) is 11.5. The Hall–Kier alpha value is -2.02. The van der Waals surface area contributed by atoms with E-state index in [1.807, 2.05) is 11.8 Å². The molecule has 0 radical (unpaired) electrons. The molecule has 0 aliphatic heterocycles. The van der Waals surface area contributed by atoms with Gasteiger partial charge in [0.15, 0.2) is 0 Å². The number of hydrogen-bond acceptors (Lipinski definition) is 4. The minimum Gasteiger partial charge on any atom is -0.377 e. The smallest absolute Gasteiger partial charge is 0.295 e. The normalized spacial score (nSPS) is 9.00. The van der Waals surface area contributed by atoms with Crippen LogP contribution in [-0.2, 0) is 19.1 Å². The fourth-order valence-electron chi connectivity index (χ4n) is 0.897. The summed E-state index contributed by atoms with van der Waals surface area (Å²) in [5, 5.41) is 4.91. The van der Waals surface area contributed by atoms with E-state index in [1.165, 1.54) is 0 Å². The van der Waals surface area contributed by atoms with Gasteiger partial charge in [-0.2, -0.15) is 0 Å². The standard InChI is InChI=1S/C12H16N2O4/c1-3-11(15)13-5-7-17-9-10-18-8-6-14-12(16)4-2/h1-2H,5-10H2,(H,13,15)(H,14,16). The van der Waals surface area contributed by atoms with Crippen molar-refractivity contribution in [3.05, 3.63) is 0 Å². The van der Waals surface area contributed by atoms with E-state index < -0.39 is 11.8 Å². The molecular weight excluding hydrogens is 236 g/mol. The van der Waals surface area contributed by atoms with E-state index in [9.17, 15) is 9.59 Å². The summed E-state index contributed by atoms with van der Waals surface area (Å²) >= 11 is 0. The molecule has 0 fully saturated rings. The van der Waals surface area contributed by atoms with E-state index >= 15 is 0 Å². The Kier molecular flexibility index (Phi) is 10.2. The SMILES string of the molecule is C#CC(=O)NCCOCCOCCNC(=O)C#C. The average Bonchev–Trinajstić information content (AvgIpc) is 2.40. The summed E-state index contributed by atoms with van der Waals surface area (Å²) in [6, 6.07) is 0. The van der Waals surface area contributed by atoms with Crippen molar-refractivity contribution in [3.8, 4) is 24.7 Å². The van der Waals surface area contributed by atoms with Gasteiger partial charge in [0, 0.05) is 13.1 Å². The molecule has 0 spiro atoms. The van der Waals surface area contributed by atoms with Gasteiger partial charge in [-0.15, -0.1) is 12.8 Å². The van der Waals surface area contributed by atoms with Crippen LogP contribution in [0, 0.1) is 24.7 Å². The van der Waals surface area contributed by atoms with Gasteiger partial charge in [-0.25, -0.2) is 0 Å². The van der Waals surface area contributed by atoms with Gasteiger partial charge >= 0.3 is 0 Å². The van der Waals surface area contributed by atoms with E-state index in [1.54, 1.807) is 0 Å². The van der Waals surface area contributed by atoms with Gasteiger partial charge in [0.1, 0.15) is 0 Å². The van der Waals surface area contributed by atoms with Crippen LogP contribution in [0.5, 0.6) is 0 Å². The molecule has 0 bridgehead atoms. The molecule has 98 valence electrons. The van der Waals surface area contributed by atoms with Crippen LogP contribution in [-0.4, -0.2) is 51.3 Å². The first-order valence-electron chi connectivity index (χ1n) is 5.35. The molecule has 0 aromatic rings. The third-order valence-corrected chi connectivity index (χ3v) is 1.70. The summed E-state index contributed by atoms with van der Waals surface area (Å²) in [6.45, 7) is 2.25. The average molecular weight is 252 g/mol. The summed E-state index contributed by atoms with van der Waals surface area (Å²) in [6.07, 6.45) is 9.69. The van der Waals surface area contributed by atoms with Crippen LogP contribution in [0.1, 0.15) is 0 Å². The van der Waals surface area contributed by atoms with Gasteiger partial charge < -0.3 is 20.1 Å². The van der Waals surface area contributed by atoms with E-state index in [0.29, 0.717) is 39.5 Å². The Morgan fingerprint density at radius 1 is 0.833 bits per heavy atom. The third kappa shape index (κ3) is 10.5. The van der Waals surface area contributed by atoms with Gasteiger partial charge in [0.05, 0.1) is 26.4 Å². The number of rotatable bonds is 9. The van der Waals surface area contributed by atoms with E-state index in [2.05, 4.69) is 10.6 Å². The second-order valence-corrected chi connectivity index (χ2v) is 3.03. The lowest BCUT2D eigenvalue weighted by Crippen LogP contribution is -2.27. The van der Waals surface area contributed by atoms with Crippen LogP contribution in [0.25, 0.3) is 0 Å². The van der Waals surface area contributed by atoms with Crippen molar-refractivity contribution < 1.29 is 19.1 Å². The number of nitrogens with one attached hydrogen (secondary N) is 2. The monoisotopic (exact) mass is 252 g/mol. The van der Waals surface area contributed by atoms with Gasteiger partial charge in [-0.1, -0.05) is 0 Å². The highest BCUT2D eigenvalue weighted by Gasteiger charge is 1.95. The first-order valence-corrected chi connectivity index (χ1v) is 5.35. The Balaban J connectivity index is 3.13. The predicted molar refractivity (Wildman–Crippen MR) is 65.3 cm³/mol. The number of ether oxygens (including phenoxy) is 2. The highest BCUT2D eigenvalue weighted by atomic mass is 16.5. The highest BCUT2D eigenvalue weighted by Crippen LogP contribution is 1.78. The minimum absolute atomic E-state index is 0.362. The maximum atomic E-state index is 10.6. The fraction of sp³-hybridized carbons (Fsp3) is 0.500. The van der Waals surface area contributed by atoms with E-state index in [0.717, 1.165) is 0 Å². The zero-order valence-corrected chi connectivity index (χ0v) is 10.0. The van der Waals surface area contributed by atoms with Crippen molar-refractivity contribution in [1.29, 1.82) is 0 Å². The predicted octanol–water partition coefficient (Wildman–Crippen LogP) is -1.48. The lowest BCUT2D eigenvalue weighted by atomic mass is 10.5. The van der Waals surface area contributed by atoms with Crippen molar-refractivity contribution in [2.45, 2.75) is 0 Å². The van der Waals surface area contributed by atoms with Gasteiger partial charge in [-0.3, -0.25) is 9.59 Å². The summed E-state index contributed by atoms with van der Waals surface area (Å²) in [5.74, 6) is 2.93. The van der Waals surface area contributed by atoms with Crippen LogP contribution in [0.2, 0.25) is 0 Å². The maximum absolute atomic E-state index is 10.6.